The van der Waals surface area contributed by atoms with Gasteiger partial charge in [-0.05, 0) is 51.1 Å². The van der Waals surface area contributed by atoms with Crippen LogP contribution in [0.3, 0.4) is 0 Å². The summed E-state index contributed by atoms with van der Waals surface area (Å²) in [4.78, 5) is 14.8. The first-order chi connectivity index (χ1) is 10.3. The average Bonchev–Trinajstić information content (AvgIpc) is 3.08. The monoisotopic (exact) mass is 294 g/mol. The van der Waals surface area contributed by atoms with E-state index in [0.29, 0.717) is 23.8 Å². The molecule has 120 valence electrons. The molecule has 1 N–H and O–H groups in total. The van der Waals surface area contributed by atoms with Crippen LogP contribution in [0.2, 0.25) is 0 Å². The number of hydrogen-bond donors (Lipinski definition) is 1. The Balaban J connectivity index is 1.34. The quantitative estimate of drug-likeness (QED) is 0.864. The molecule has 2 saturated heterocycles. The van der Waals surface area contributed by atoms with Crippen molar-refractivity contribution in [2.24, 2.45) is 11.8 Å². The van der Waals surface area contributed by atoms with Crippen molar-refractivity contribution < 1.29 is 9.53 Å². The molecule has 1 saturated carbocycles. The zero-order valence-corrected chi connectivity index (χ0v) is 13.2. The molecule has 3 fully saturated rings. The summed E-state index contributed by atoms with van der Waals surface area (Å²) in [5.74, 6) is 1.30. The van der Waals surface area contributed by atoms with Crippen LogP contribution < -0.4 is 5.32 Å². The second-order valence-electron chi connectivity index (χ2n) is 7.08. The fourth-order valence-corrected chi connectivity index (χ4v) is 4.09. The standard InChI is InChI=1S/C17H30N2O2/c20-17(15-4-2-1-3-5-15)18-12-14-6-9-19(10-7-14)16-8-11-21-13-16/h14-16H,1-13H2,(H,18,20). The number of likely N-dealkylation sites (tertiary alicyclic amines) is 1. The molecule has 1 unspecified atom stereocenters. The lowest BCUT2D eigenvalue weighted by molar-refractivity contribution is -0.126. The van der Waals surface area contributed by atoms with Gasteiger partial charge in [0.2, 0.25) is 5.91 Å². The van der Waals surface area contributed by atoms with Gasteiger partial charge in [0.1, 0.15) is 0 Å². The maximum Gasteiger partial charge on any atom is 0.223 e. The van der Waals surface area contributed by atoms with Crippen LogP contribution in [0.4, 0.5) is 0 Å². The molecular formula is C17H30N2O2. The van der Waals surface area contributed by atoms with E-state index in [9.17, 15) is 4.79 Å². The van der Waals surface area contributed by atoms with E-state index in [-0.39, 0.29) is 0 Å². The van der Waals surface area contributed by atoms with Crippen molar-refractivity contribution in [1.29, 1.82) is 0 Å². The molecule has 0 aromatic carbocycles. The van der Waals surface area contributed by atoms with Gasteiger partial charge in [0.25, 0.3) is 0 Å². The van der Waals surface area contributed by atoms with Gasteiger partial charge < -0.3 is 10.1 Å². The molecule has 0 spiro atoms. The maximum absolute atomic E-state index is 12.2. The van der Waals surface area contributed by atoms with Gasteiger partial charge in [-0.25, -0.2) is 0 Å². The predicted molar refractivity (Wildman–Crippen MR) is 83.1 cm³/mol. The molecule has 4 nitrogen and oxygen atoms in total. The van der Waals surface area contributed by atoms with Gasteiger partial charge in [-0.3, -0.25) is 9.69 Å². The van der Waals surface area contributed by atoms with E-state index < -0.39 is 0 Å². The first-order valence-corrected chi connectivity index (χ1v) is 8.92. The lowest BCUT2D eigenvalue weighted by Crippen LogP contribution is -2.44. The van der Waals surface area contributed by atoms with E-state index in [1.165, 1.54) is 51.6 Å². The summed E-state index contributed by atoms with van der Waals surface area (Å²) >= 11 is 0. The minimum atomic E-state index is 0.300. The van der Waals surface area contributed by atoms with E-state index in [1.807, 2.05) is 0 Å². The normalized spacial score (nSPS) is 29.6. The van der Waals surface area contributed by atoms with Crippen LogP contribution in [-0.2, 0) is 9.53 Å². The number of piperidine rings is 1. The van der Waals surface area contributed by atoms with Gasteiger partial charge in [-0.2, -0.15) is 0 Å². The highest BCUT2D eigenvalue weighted by atomic mass is 16.5. The molecule has 3 rings (SSSR count). The van der Waals surface area contributed by atoms with E-state index >= 15 is 0 Å². The zero-order valence-electron chi connectivity index (χ0n) is 13.2. The van der Waals surface area contributed by atoms with Crippen LogP contribution in [0, 0.1) is 11.8 Å². The Morgan fingerprint density at radius 1 is 1.05 bits per heavy atom. The molecule has 0 aromatic rings. The highest BCUT2D eigenvalue weighted by Gasteiger charge is 2.28. The number of carbonyl (C=O) groups is 1. The highest BCUT2D eigenvalue weighted by molar-refractivity contribution is 5.78. The van der Waals surface area contributed by atoms with E-state index in [2.05, 4.69) is 10.2 Å². The molecule has 2 aliphatic heterocycles. The summed E-state index contributed by atoms with van der Waals surface area (Å²) in [7, 11) is 0. The number of nitrogens with one attached hydrogen (secondary N) is 1. The van der Waals surface area contributed by atoms with Crippen molar-refractivity contribution >= 4 is 5.91 Å². The summed E-state index contributed by atoms with van der Waals surface area (Å²) in [6.45, 7) is 5.10. The van der Waals surface area contributed by atoms with E-state index in [0.717, 1.165) is 32.6 Å². The Hall–Kier alpha value is -0.610. The van der Waals surface area contributed by atoms with Crippen molar-refractivity contribution in [3.05, 3.63) is 0 Å². The second kappa shape index (κ2) is 7.59. The summed E-state index contributed by atoms with van der Waals surface area (Å²) in [6.07, 6.45) is 9.64. The third kappa shape index (κ3) is 4.19. The van der Waals surface area contributed by atoms with Gasteiger partial charge in [0, 0.05) is 25.1 Å². The highest BCUT2D eigenvalue weighted by Crippen LogP contribution is 2.25. The third-order valence-corrected chi connectivity index (χ3v) is 5.61. The van der Waals surface area contributed by atoms with Gasteiger partial charge in [-0.1, -0.05) is 19.3 Å². The van der Waals surface area contributed by atoms with Gasteiger partial charge in [-0.15, -0.1) is 0 Å². The average molecular weight is 294 g/mol. The largest absolute Gasteiger partial charge is 0.380 e. The lowest BCUT2D eigenvalue weighted by Gasteiger charge is -2.35. The Kier molecular flexibility index (Phi) is 5.53. The molecule has 4 heteroatoms. The SMILES string of the molecule is O=C(NCC1CCN(C2CCOC2)CC1)C1CCCCC1. The van der Waals surface area contributed by atoms with Gasteiger partial charge >= 0.3 is 0 Å². The number of rotatable bonds is 4. The maximum atomic E-state index is 12.2. The minimum Gasteiger partial charge on any atom is -0.380 e. The van der Waals surface area contributed by atoms with Crippen molar-refractivity contribution in [2.75, 3.05) is 32.8 Å². The Morgan fingerprint density at radius 3 is 2.48 bits per heavy atom. The molecule has 1 atom stereocenters. The van der Waals surface area contributed by atoms with E-state index in [4.69, 9.17) is 4.74 Å². The Morgan fingerprint density at radius 2 is 1.81 bits per heavy atom. The number of nitrogens with zero attached hydrogens (tertiary/aromatic N) is 1. The Bertz CT molecular complexity index is 328. The minimum absolute atomic E-state index is 0.300. The van der Waals surface area contributed by atoms with Crippen LogP contribution >= 0.6 is 0 Å². The number of amides is 1. The molecular weight excluding hydrogens is 264 g/mol. The molecule has 1 amide bonds. The Labute approximate surface area is 128 Å². The number of hydrogen-bond acceptors (Lipinski definition) is 3. The smallest absolute Gasteiger partial charge is 0.223 e. The fraction of sp³-hybridized carbons (Fsp3) is 0.941. The first kappa shape index (κ1) is 15.3. The first-order valence-electron chi connectivity index (χ1n) is 8.92. The van der Waals surface area contributed by atoms with Gasteiger partial charge in [0.05, 0.1) is 6.61 Å². The summed E-state index contributed by atoms with van der Waals surface area (Å²) in [5, 5.41) is 3.22. The van der Waals surface area contributed by atoms with Gasteiger partial charge in [0.15, 0.2) is 0 Å². The zero-order chi connectivity index (χ0) is 14.5. The van der Waals surface area contributed by atoms with Crippen LogP contribution in [0.15, 0.2) is 0 Å². The molecule has 0 radical (unpaired) electrons. The van der Waals surface area contributed by atoms with Crippen molar-refractivity contribution in [3.8, 4) is 0 Å². The molecule has 21 heavy (non-hydrogen) atoms. The summed E-state index contributed by atoms with van der Waals surface area (Å²) < 4.78 is 5.48. The van der Waals surface area contributed by atoms with Crippen LogP contribution in [-0.4, -0.2) is 49.7 Å². The molecule has 3 aliphatic rings. The predicted octanol–water partition coefficient (Wildman–Crippen LogP) is 2.18. The third-order valence-electron chi connectivity index (χ3n) is 5.61. The van der Waals surface area contributed by atoms with Crippen molar-refractivity contribution in [3.63, 3.8) is 0 Å². The number of carbonyl (C=O) groups excluding carboxylic acids is 1. The van der Waals surface area contributed by atoms with E-state index in [1.54, 1.807) is 0 Å². The fourth-order valence-electron chi connectivity index (χ4n) is 4.09. The van der Waals surface area contributed by atoms with Crippen molar-refractivity contribution in [2.45, 2.75) is 57.4 Å². The molecule has 1 aliphatic carbocycles. The summed E-state index contributed by atoms with van der Waals surface area (Å²) in [5.41, 5.74) is 0. The molecule has 0 bridgehead atoms. The lowest BCUT2D eigenvalue weighted by atomic mass is 9.88. The van der Waals surface area contributed by atoms with Crippen molar-refractivity contribution in [1.82, 2.24) is 10.2 Å². The van der Waals surface area contributed by atoms with Crippen LogP contribution in [0.5, 0.6) is 0 Å². The molecule has 0 aromatic heterocycles. The van der Waals surface area contributed by atoms with Crippen LogP contribution in [0.1, 0.15) is 51.4 Å². The topological polar surface area (TPSA) is 41.6 Å². The van der Waals surface area contributed by atoms with Crippen LogP contribution in [0.25, 0.3) is 0 Å². The second-order valence-corrected chi connectivity index (χ2v) is 7.08. The number of ether oxygens (including phenoxy) is 1. The molecule has 2 heterocycles. The summed E-state index contributed by atoms with van der Waals surface area (Å²) in [6, 6.07) is 0.655.